The Hall–Kier alpha value is -2.86. The van der Waals surface area contributed by atoms with Gasteiger partial charge in [0.2, 0.25) is 5.91 Å². The number of hydrogen-bond acceptors (Lipinski definition) is 4. The molecule has 2 aromatic carbocycles. The standard InChI is InChI=1S/C21H27N3O3/c1-16(23-21(26)27-15-17-10-6-4-7-11-17)20(25)22-14-19(24(2)3)18-12-8-5-9-13-18/h4-13,16,19H,14-15H2,1-3H3,(H,22,25)(H,23,26)/t16-,19+/m1/s1. The predicted molar refractivity (Wildman–Crippen MR) is 105 cm³/mol. The predicted octanol–water partition coefficient (Wildman–Crippen LogP) is 2.72. The van der Waals surface area contributed by atoms with Gasteiger partial charge in [-0.2, -0.15) is 0 Å². The van der Waals surface area contributed by atoms with Crippen LogP contribution < -0.4 is 10.6 Å². The van der Waals surface area contributed by atoms with E-state index in [1.807, 2.05) is 79.7 Å². The van der Waals surface area contributed by atoms with Crippen LogP contribution in [0.2, 0.25) is 0 Å². The number of benzene rings is 2. The molecule has 0 aromatic heterocycles. The van der Waals surface area contributed by atoms with Crippen LogP contribution in [0.1, 0.15) is 24.1 Å². The molecule has 0 saturated heterocycles. The van der Waals surface area contributed by atoms with Crippen LogP contribution in [0.25, 0.3) is 0 Å². The summed E-state index contributed by atoms with van der Waals surface area (Å²) in [6.45, 7) is 2.24. The molecule has 144 valence electrons. The summed E-state index contributed by atoms with van der Waals surface area (Å²) in [5.41, 5.74) is 2.01. The zero-order valence-corrected chi connectivity index (χ0v) is 16.0. The molecule has 2 N–H and O–H groups in total. The maximum absolute atomic E-state index is 12.3. The Balaban J connectivity index is 1.79. The zero-order chi connectivity index (χ0) is 19.6. The normalized spacial score (nSPS) is 12.9. The number of ether oxygens (including phenoxy) is 1. The number of carbonyl (C=O) groups excluding carboxylic acids is 2. The molecule has 0 aliphatic rings. The molecular formula is C21H27N3O3. The van der Waals surface area contributed by atoms with Crippen molar-refractivity contribution in [2.24, 2.45) is 0 Å². The molecule has 0 spiro atoms. The smallest absolute Gasteiger partial charge is 0.408 e. The average Bonchev–Trinajstić information content (AvgIpc) is 2.67. The summed E-state index contributed by atoms with van der Waals surface area (Å²) in [4.78, 5) is 26.2. The Bertz CT molecular complexity index is 720. The molecule has 0 heterocycles. The van der Waals surface area contributed by atoms with Crippen molar-refractivity contribution < 1.29 is 14.3 Å². The van der Waals surface area contributed by atoms with Crippen molar-refractivity contribution in [1.29, 1.82) is 0 Å². The highest BCUT2D eigenvalue weighted by atomic mass is 16.5. The van der Waals surface area contributed by atoms with Gasteiger partial charge in [-0.1, -0.05) is 60.7 Å². The minimum atomic E-state index is -0.688. The van der Waals surface area contributed by atoms with E-state index >= 15 is 0 Å². The van der Waals surface area contributed by atoms with E-state index < -0.39 is 12.1 Å². The fourth-order valence-corrected chi connectivity index (χ4v) is 2.63. The molecule has 2 aromatic rings. The largest absolute Gasteiger partial charge is 0.445 e. The van der Waals surface area contributed by atoms with Crippen LogP contribution in [0.15, 0.2) is 60.7 Å². The van der Waals surface area contributed by atoms with Gasteiger partial charge in [0.1, 0.15) is 12.6 Å². The van der Waals surface area contributed by atoms with Gasteiger partial charge in [-0.25, -0.2) is 4.79 Å². The summed E-state index contributed by atoms with van der Waals surface area (Å²) in [5, 5.41) is 5.45. The molecule has 0 unspecified atom stereocenters. The van der Waals surface area contributed by atoms with Crippen molar-refractivity contribution in [2.45, 2.75) is 25.6 Å². The summed E-state index contributed by atoms with van der Waals surface area (Å²) < 4.78 is 5.14. The van der Waals surface area contributed by atoms with E-state index in [2.05, 4.69) is 10.6 Å². The summed E-state index contributed by atoms with van der Waals surface area (Å²) in [7, 11) is 3.93. The first-order valence-electron chi connectivity index (χ1n) is 8.93. The lowest BCUT2D eigenvalue weighted by Crippen LogP contribution is -2.46. The van der Waals surface area contributed by atoms with E-state index in [9.17, 15) is 9.59 Å². The molecule has 0 aliphatic heterocycles. The van der Waals surface area contributed by atoms with Gasteiger partial charge in [-0.15, -0.1) is 0 Å². The number of rotatable bonds is 8. The highest BCUT2D eigenvalue weighted by Crippen LogP contribution is 2.16. The second-order valence-corrected chi connectivity index (χ2v) is 6.56. The number of alkyl carbamates (subject to hydrolysis) is 1. The Morgan fingerprint density at radius 3 is 2.19 bits per heavy atom. The third-order valence-corrected chi connectivity index (χ3v) is 4.22. The van der Waals surface area contributed by atoms with Crippen LogP contribution in [0.4, 0.5) is 4.79 Å². The van der Waals surface area contributed by atoms with E-state index in [1.165, 1.54) is 0 Å². The minimum Gasteiger partial charge on any atom is -0.445 e. The van der Waals surface area contributed by atoms with Gasteiger partial charge in [-0.3, -0.25) is 4.79 Å². The van der Waals surface area contributed by atoms with Crippen molar-refractivity contribution in [3.05, 3.63) is 71.8 Å². The number of amides is 2. The molecule has 27 heavy (non-hydrogen) atoms. The number of nitrogens with zero attached hydrogens (tertiary/aromatic N) is 1. The van der Waals surface area contributed by atoms with E-state index in [0.29, 0.717) is 6.54 Å². The summed E-state index contributed by atoms with van der Waals surface area (Å²) >= 11 is 0. The number of hydrogen-bond donors (Lipinski definition) is 2. The van der Waals surface area contributed by atoms with Gasteiger partial charge in [0.25, 0.3) is 0 Å². The zero-order valence-electron chi connectivity index (χ0n) is 16.0. The summed E-state index contributed by atoms with van der Waals surface area (Å²) in [6.07, 6.45) is -0.617. The van der Waals surface area contributed by atoms with Crippen molar-refractivity contribution in [3.63, 3.8) is 0 Å². The van der Waals surface area contributed by atoms with Crippen molar-refractivity contribution in [3.8, 4) is 0 Å². The van der Waals surface area contributed by atoms with E-state index in [0.717, 1.165) is 11.1 Å². The Labute approximate surface area is 160 Å². The molecule has 2 rings (SSSR count). The van der Waals surface area contributed by atoms with Crippen molar-refractivity contribution in [1.82, 2.24) is 15.5 Å². The average molecular weight is 369 g/mol. The van der Waals surface area contributed by atoms with Crippen molar-refractivity contribution >= 4 is 12.0 Å². The monoisotopic (exact) mass is 369 g/mol. The SMILES string of the molecule is C[C@@H](NC(=O)OCc1ccccc1)C(=O)NC[C@@H](c1ccccc1)N(C)C. The van der Waals surface area contributed by atoms with Gasteiger partial charge in [0.05, 0.1) is 6.04 Å². The Morgan fingerprint density at radius 2 is 1.59 bits per heavy atom. The quantitative estimate of drug-likeness (QED) is 0.751. The van der Waals surface area contributed by atoms with Gasteiger partial charge in [0.15, 0.2) is 0 Å². The first-order valence-corrected chi connectivity index (χ1v) is 8.93. The van der Waals surface area contributed by atoms with Crippen LogP contribution >= 0.6 is 0 Å². The van der Waals surface area contributed by atoms with Crippen LogP contribution in [0.5, 0.6) is 0 Å². The fourth-order valence-electron chi connectivity index (χ4n) is 2.63. The number of nitrogens with one attached hydrogen (secondary N) is 2. The molecular weight excluding hydrogens is 342 g/mol. The third kappa shape index (κ3) is 6.75. The van der Waals surface area contributed by atoms with Crippen LogP contribution in [0.3, 0.4) is 0 Å². The van der Waals surface area contributed by atoms with Crippen LogP contribution in [-0.4, -0.2) is 43.6 Å². The van der Waals surface area contributed by atoms with Crippen LogP contribution in [-0.2, 0) is 16.1 Å². The minimum absolute atomic E-state index is 0.0485. The molecule has 0 radical (unpaired) electrons. The van der Waals surface area contributed by atoms with Gasteiger partial charge < -0.3 is 20.3 Å². The summed E-state index contributed by atoms with van der Waals surface area (Å²) in [6, 6.07) is 18.7. The number of likely N-dealkylation sites (N-methyl/N-ethyl adjacent to an activating group) is 1. The van der Waals surface area contributed by atoms with E-state index in [-0.39, 0.29) is 18.6 Å². The van der Waals surface area contributed by atoms with Gasteiger partial charge >= 0.3 is 6.09 Å². The highest BCUT2D eigenvalue weighted by Gasteiger charge is 2.19. The first-order chi connectivity index (χ1) is 13.0. The molecule has 2 amide bonds. The Morgan fingerprint density at radius 1 is 1.00 bits per heavy atom. The summed E-state index contributed by atoms with van der Waals surface area (Å²) in [5.74, 6) is -0.255. The topological polar surface area (TPSA) is 70.7 Å². The molecule has 0 bridgehead atoms. The molecule has 0 fully saturated rings. The first kappa shape index (κ1) is 20.5. The molecule has 0 saturated carbocycles. The second-order valence-electron chi connectivity index (χ2n) is 6.56. The van der Waals surface area contributed by atoms with E-state index in [1.54, 1.807) is 6.92 Å². The molecule has 2 atom stereocenters. The Kier molecular flexibility index (Phi) is 7.82. The van der Waals surface area contributed by atoms with Crippen LogP contribution in [0, 0.1) is 0 Å². The maximum Gasteiger partial charge on any atom is 0.408 e. The fraction of sp³-hybridized carbons (Fsp3) is 0.333. The lowest BCUT2D eigenvalue weighted by Gasteiger charge is -2.26. The lowest BCUT2D eigenvalue weighted by molar-refractivity contribution is -0.122. The highest BCUT2D eigenvalue weighted by molar-refractivity contribution is 5.85. The molecule has 6 heteroatoms. The number of carbonyl (C=O) groups is 2. The van der Waals surface area contributed by atoms with E-state index in [4.69, 9.17) is 4.74 Å². The van der Waals surface area contributed by atoms with Crippen molar-refractivity contribution in [2.75, 3.05) is 20.6 Å². The van der Waals surface area contributed by atoms with Gasteiger partial charge in [0, 0.05) is 6.54 Å². The second kappa shape index (κ2) is 10.3. The lowest BCUT2D eigenvalue weighted by atomic mass is 10.1. The molecule has 6 nitrogen and oxygen atoms in total. The van der Waals surface area contributed by atoms with Gasteiger partial charge in [-0.05, 0) is 32.1 Å². The maximum atomic E-state index is 12.3. The third-order valence-electron chi connectivity index (χ3n) is 4.22. The molecule has 0 aliphatic carbocycles.